The molecule has 1 aromatic rings. The third-order valence-corrected chi connectivity index (χ3v) is 1.66. The van der Waals surface area contributed by atoms with Crippen LogP contribution in [0.4, 0.5) is 4.79 Å². The van der Waals surface area contributed by atoms with Crippen molar-refractivity contribution < 1.29 is 9.90 Å². The van der Waals surface area contributed by atoms with E-state index in [0.717, 1.165) is 12.1 Å². The van der Waals surface area contributed by atoms with E-state index < -0.39 is 6.09 Å². The van der Waals surface area contributed by atoms with Crippen molar-refractivity contribution in [3.63, 3.8) is 0 Å². The predicted octanol–water partition coefficient (Wildman–Crippen LogP) is 2.21. The lowest BCUT2D eigenvalue weighted by Gasteiger charge is -2.05. The van der Waals surface area contributed by atoms with E-state index in [1.165, 1.54) is 4.57 Å². The van der Waals surface area contributed by atoms with Crippen LogP contribution in [0.3, 0.4) is 0 Å². The maximum Gasteiger partial charge on any atom is 0.415 e. The SMILES string of the molecule is CC(C)Cc1cccn1C(=O)O. The van der Waals surface area contributed by atoms with Gasteiger partial charge in [0.2, 0.25) is 0 Å². The van der Waals surface area contributed by atoms with Crippen molar-refractivity contribution in [2.45, 2.75) is 20.3 Å². The number of aromatic nitrogens is 1. The van der Waals surface area contributed by atoms with Gasteiger partial charge in [0.1, 0.15) is 0 Å². The number of rotatable bonds is 2. The van der Waals surface area contributed by atoms with E-state index in [1.54, 1.807) is 12.3 Å². The molecule has 66 valence electrons. The Balaban J connectivity index is 2.84. The third kappa shape index (κ3) is 1.87. The van der Waals surface area contributed by atoms with E-state index >= 15 is 0 Å². The molecule has 0 fully saturated rings. The fraction of sp³-hybridized carbons (Fsp3) is 0.444. The highest BCUT2D eigenvalue weighted by atomic mass is 16.4. The molecule has 3 nitrogen and oxygen atoms in total. The highest BCUT2D eigenvalue weighted by Gasteiger charge is 2.07. The smallest absolute Gasteiger partial charge is 0.415 e. The molecular weight excluding hydrogens is 154 g/mol. The quantitative estimate of drug-likeness (QED) is 0.733. The molecule has 0 saturated heterocycles. The monoisotopic (exact) mass is 167 g/mol. The van der Waals surface area contributed by atoms with Crippen LogP contribution in [0, 0.1) is 5.92 Å². The molecule has 1 N–H and O–H groups in total. The molecule has 0 aliphatic carbocycles. The Kier molecular flexibility index (Phi) is 2.53. The lowest BCUT2D eigenvalue weighted by Crippen LogP contribution is -2.11. The van der Waals surface area contributed by atoms with Crippen LogP contribution in [-0.2, 0) is 6.42 Å². The van der Waals surface area contributed by atoms with E-state index in [-0.39, 0.29) is 0 Å². The Labute approximate surface area is 71.6 Å². The van der Waals surface area contributed by atoms with Gasteiger partial charge in [0.15, 0.2) is 0 Å². The zero-order valence-corrected chi connectivity index (χ0v) is 7.32. The van der Waals surface area contributed by atoms with Crippen LogP contribution in [0.5, 0.6) is 0 Å². The van der Waals surface area contributed by atoms with E-state index in [4.69, 9.17) is 5.11 Å². The second-order valence-corrected chi connectivity index (χ2v) is 3.25. The molecule has 0 amide bonds. The molecule has 0 radical (unpaired) electrons. The Morgan fingerprint density at radius 1 is 1.67 bits per heavy atom. The van der Waals surface area contributed by atoms with Gasteiger partial charge in [-0.2, -0.15) is 0 Å². The summed E-state index contributed by atoms with van der Waals surface area (Å²) in [5, 5.41) is 8.73. The maximum atomic E-state index is 10.6. The molecule has 0 aliphatic rings. The average Bonchev–Trinajstić information content (AvgIpc) is 2.33. The number of carbonyl (C=O) groups is 1. The van der Waals surface area contributed by atoms with Crippen LogP contribution >= 0.6 is 0 Å². The Bertz CT molecular complexity index is 276. The molecule has 1 heterocycles. The van der Waals surface area contributed by atoms with Crippen molar-refractivity contribution >= 4 is 6.09 Å². The van der Waals surface area contributed by atoms with Gasteiger partial charge in [-0.1, -0.05) is 13.8 Å². The summed E-state index contributed by atoms with van der Waals surface area (Å²) < 4.78 is 1.26. The lowest BCUT2D eigenvalue weighted by atomic mass is 10.1. The summed E-state index contributed by atoms with van der Waals surface area (Å²) in [4.78, 5) is 10.6. The zero-order valence-electron chi connectivity index (χ0n) is 7.32. The molecule has 0 aromatic carbocycles. The number of carboxylic acid groups (broad SMARTS) is 1. The summed E-state index contributed by atoms with van der Waals surface area (Å²) >= 11 is 0. The van der Waals surface area contributed by atoms with Crippen LogP contribution < -0.4 is 0 Å². The molecule has 3 heteroatoms. The minimum Gasteiger partial charge on any atom is -0.464 e. The Morgan fingerprint density at radius 2 is 2.33 bits per heavy atom. The van der Waals surface area contributed by atoms with Gasteiger partial charge in [-0.25, -0.2) is 4.79 Å². The summed E-state index contributed by atoms with van der Waals surface area (Å²) in [6, 6.07) is 3.60. The van der Waals surface area contributed by atoms with Crippen molar-refractivity contribution in [3.8, 4) is 0 Å². The van der Waals surface area contributed by atoms with Crippen LogP contribution in [0.1, 0.15) is 19.5 Å². The summed E-state index contributed by atoms with van der Waals surface area (Å²) in [6.45, 7) is 4.14. The van der Waals surface area contributed by atoms with E-state index in [0.29, 0.717) is 5.92 Å². The number of nitrogens with zero attached hydrogens (tertiary/aromatic N) is 1. The number of hydrogen-bond donors (Lipinski definition) is 1. The lowest BCUT2D eigenvalue weighted by molar-refractivity contribution is 0.195. The third-order valence-electron chi connectivity index (χ3n) is 1.66. The summed E-state index contributed by atoms with van der Waals surface area (Å²) in [5.41, 5.74) is 0.859. The topological polar surface area (TPSA) is 42.2 Å². The second-order valence-electron chi connectivity index (χ2n) is 3.25. The van der Waals surface area contributed by atoms with Crippen molar-refractivity contribution in [3.05, 3.63) is 24.0 Å². The standard InChI is InChI=1S/C9H13NO2/c1-7(2)6-8-4-3-5-10(8)9(11)12/h3-5,7H,6H2,1-2H3,(H,11,12). The van der Waals surface area contributed by atoms with Crippen LogP contribution in [0.2, 0.25) is 0 Å². The van der Waals surface area contributed by atoms with Crippen LogP contribution in [0.25, 0.3) is 0 Å². The molecular formula is C9H13NO2. The van der Waals surface area contributed by atoms with Crippen molar-refractivity contribution in [2.24, 2.45) is 5.92 Å². The summed E-state index contributed by atoms with van der Waals surface area (Å²) in [6.07, 6.45) is 1.47. The van der Waals surface area contributed by atoms with Gasteiger partial charge in [-0.05, 0) is 24.5 Å². The van der Waals surface area contributed by atoms with Crippen molar-refractivity contribution in [1.82, 2.24) is 4.57 Å². The van der Waals surface area contributed by atoms with E-state index in [1.807, 2.05) is 6.07 Å². The summed E-state index contributed by atoms with van der Waals surface area (Å²) in [5.74, 6) is 0.484. The van der Waals surface area contributed by atoms with Crippen LogP contribution in [0.15, 0.2) is 18.3 Å². The number of hydrogen-bond acceptors (Lipinski definition) is 1. The average molecular weight is 167 g/mol. The van der Waals surface area contributed by atoms with Crippen LogP contribution in [-0.4, -0.2) is 15.8 Å². The molecule has 0 bridgehead atoms. The first-order valence-corrected chi connectivity index (χ1v) is 4.00. The maximum absolute atomic E-state index is 10.6. The molecule has 0 spiro atoms. The van der Waals surface area contributed by atoms with Gasteiger partial charge >= 0.3 is 6.09 Å². The van der Waals surface area contributed by atoms with Crippen molar-refractivity contribution in [1.29, 1.82) is 0 Å². The normalized spacial score (nSPS) is 10.6. The minimum absolute atomic E-state index is 0.484. The highest BCUT2D eigenvalue weighted by Crippen LogP contribution is 2.08. The van der Waals surface area contributed by atoms with Gasteiger partial charge in [-0.15, -0.1) is 0 Å². The molecule has 0 unspecified atom stereocenters. The molecule has 0 aliphatic heterocycles. The van der Waals surface area contributed by atoms with E-state index in [2.05, 4.69) is 13.8 Å². The second kappa shape index (κ2) is 3.43. The fourth-order valence-corrected chi connectivity index (χ4v) is 1.19. The van der Waals surface area contributed by atoms with Gasteiger partial charge in [0.05, 0.1) is 0 Å². The largest absolute Gasteiger partial charge is 0.464 e. The van der Waals surface area contributed by atoms with E-state index in [9.17, 15) is 4.79 Å². The fourth-order valence-electron chi connectivity index (χ4n) is 1.19. The Morgan fingerprint density at radius 3 is 2.83 bits per heavy atom. The molecule has 12 heavy (non-hydrogen) atoms. The molecule has 0 saturated carbocycles. The van der Waals surface area contributed by atoms with Gasteiger partial charge in [0, 0.05) is 11.9 Å². The first-order chi connectivity index (χ1) is 5.61. The first-order valence-electron chi connectivity index (χ1n) is 4.00. The highest BCUT2D eigenvalue weighted by molar-refractivity contribution is 5.69. The summed E-state index contributed by atoms with van der Waals surface area (Å²) in [7, 11) is 0. The van der Waals surface area contributed by atoms with Gasteiger partial charge in [0.25, 0.3) is 0 Å². The molecule has 1 aromatic heterocycles. The molecule has 1 rings (SSSR count). The molecule has 0 atom stereocenters. The van der Waals surface area contributed by atoms with Crippen molar-refractivity contribution in [2.75, 3.05) is 0 Å². The Hall–Kier alpha value is -1.25. The predicted molar refractivity (Wildman–Crippen MR) is 46.4 cm³/mol. The zero-order chi connectivity index (χ0) is 9.14. The van der Waals surface area contributed by atoms with Gasteiger partial charge in [-0.3, -0.25) is 4.57 Å². The first kappa shape index (κ1) is 8.84. The van der Waals surface area contributed by atoms with Gasteiger partial charge < -0.3 is 5.11 Å². The minimum atomic E-state index is -0.907.